The first-order chi connectivity index (χ1) is 12.9. The van der Waals surface area contributed by atoms with Crippen molar-refractivity contribution in [1.29, 1.82) is 0 Å². The number of nitrogens with one attached hydrogen (secondary N) is 1. The molecule has 0 spiro atoms. The fourth-order valence-electron chi connectivity index (χ4n) is 2.32. The first-order valence-corrected chi connectivity index (χ1v) is 8.51. The molecule has 0 bridgehead atoms. The number of ether oxygens (including phenoxy) is 1. The van der Waals surface area contributed by atoms with Gasteiger partial charge in [-0.1, -0.05) is 48.2 Å². The topological polar surface area (TPSA) is 38.3 Å². The SMILES string of the molecule is O=C(CCCc1ccccc1)NCC#CCOc1cccc(C(F)(F)F)c1. The van der Waals surface area contributed by atoms with Crippen LogP contribution in [-0.2, 0) is 17.4 Å². The normalized spacial score (nSPS) is 10.6. The molecule has 6 heteroatoms. The summed E-state index contributed by atoms with van der Waals surface area (Å²) in [5, 5.41) is 2.68. The number of carbonyl (C=O) groups is 1. The minimum atomic E-state index is -4.41. The number of amides is 1. The van der Waals surface area contributed by atoms with Gasteiger partial charge >= 0.3 is 6.18 Å². The Bertz CT molecular complexity index is 792. The Morgan fingerprint density at radius 1 is 1.04 bits per heavy atom. The molecule has 142 valence electrons. The Morgan fingerprint density at radius 3 is 2.56 bits per heavy atom. The highest BCUT2D eigenvalue weighted by Gasteiger charge is 2.30. The maximum Gasteiger partial charge on any atom is 0.416 e. The number of aryl methyl sites for hydroxylation is 1. The van der Waals surface area contributed by atoms with Gasteiger partial charge in [-0.25, -0.2) is 0 Å². The molecule has 0 aliphatic heterocycles. The van der Waals surface area contributed by atoms with E-state index in [1.54, 1.807) is 0 Å². The molecule has 2 rings (SSSR count). The van der Waals surface area contributed by atoms with Crippen molar-refractivity contribution in [2.24, 2.45) is 0 Å². The minimum Gasteiger partial charge on any atom is -0.481 e. The highest BCUT2D eigenvalue weighted by Crippen LogP contribution is 2.31. The Kier molecular flexibility index (Phi) is 7.75. The average molecular weight is 375 g/mol. The van der Waals surface area contributed by atoms with Crippen LogP contribution in [0, 0.1) is 11.8 Å². The van der Waals surface area contributed by atoms with Crippen molar-refractivity contribution in [2.45, 2.75) is 25.4 Å². The van der Waals surface area contributed by atoms with Crippen molar-refractivity contribution in [2.75, 3.05) is 13.2 Å². The number of hydrogen-bond acceptors (Lipinski definition) is 2. The maximum atomic E-state index is 12.6. The van der Waals surface area contributed by atoms with E-state index in [1.165, 1.54) is 17.7 Å². The fraction of sp³-hybridized carbons (Fsp3) is 0.286. The minimum absolute atomic E-state index is 0.0504. The number of hydrogen-bond donors (Lipinski definition) is 1. The summed E-state index contributed by atoms with van der Waals surface area (Å²) in [4.78, 5) is 11.7. The fourth-order valence-corrected chi connectivity index (χ4v) is 2.32. The molecule has 1 amide bonds. The molecule has 27 heavy (non-hydrogen) atoms. The van der Waals surface area contributed by atoms with Crippen molar-refractivity contribution in [3.8, 4) is 17.6 Å². The van der Waals surface area contributed by atoms with Crippen LogP contribution in [0.3, 0.4) is 0 Å². The first-order valence-electron chi connectivity index (χ1n) is 8.51. The van der Waals surface area contributed by atoms with Crippen LogP contribution in [0.4, 0.5) is 13.2 Å². The summed E-state index contributed by atoms with van der Waals surface area (Å²) >= 11 is 0. The summed E-state index contributed by atoms with van der Waals surface area (Å²) in [6, 6.07) is 14.5. The van der Waals surface area contributed by atoms with Crippen molar-refractivity contribution < 1.29 is 22.7 Å². The summed E-state index contributed by atoms with van der Waals surface area (Å²) in [6.45, 7) is 0.126. The standard InChI is InChI=1S/C21H20F3NO2/c22-21(23,24)18-11-7-12-19(16-18)27-15-5-4-14-25-20(26)13-6-10-17-8-2-1-3-9-17/h1-3,7-9,11-12,16H,6,10,13-15H2,(H,25,26). The monoisotopic (exact) mass is 375 g/mol. The van der Waals surface area contributed by atoms with E-state index in [1.807, 2.05) is 30.3 Å². The third-order valence-electron chi connectivity index (χ3n) is 3.68. The lowest BCUT2D eigenvalue weighted by molar-refractivity contribution is -0.137. The van der Waals surface area contributed by atoms with Gasteiger partial charge in [-0.05, 0) is 36.6 Å². The lowest BCUT2D eigenvalue weighted by Crippen LogP contribution is -2.23. The second kappa shape index (κ2) is 10.3. The molecule has 1 N–H and O–H groups in total. The van der Waals surface area contributed by atoms with E-state index in [2.05, 4.69) is 17.2 Å². The maximum absolute atomic E-state index is 12.6. The van der Waals surface area contributed by atoms with Gasteiger partial charge in [0, 0.05) is 6.42 Å². The number of halogens is 3. The highest BCUT2D eigenvalue weighted by molar-refractivity contribution is 5.76. The van der Waals surface area contributed by atoms with Crippen LogP contribution in [0.5, 0.6) is 5.75 Å². The Hall–Kier alpha value is -2.94. The van der Waals surface area contributed by atoms with Gasteiger partial charge < -0.3 is 10.1 Å². The molecule has 0 aromatic heterocycles. The van der Waals surface area contributed by atoms with Gasteiger partial charge in [-0.2, -0.15) is 13.2 Å². The number of carbonyl (C=O) groups excluding carboxylic acids is 1. The predicted molar refractivity (Wildman–Crippen MR) is 97.1 cm³/mol. The zero-order chi connectivity index (χ0) is 19.5. The molecule has 0 radical (unpaired) electrons. The van der Waals surface area contributed by atoms with Crippen molar-refractivity contribution in [3.63, 3.8) is 0 Å². The van der Waals surface area contributed by atoms with Gasteiger partial charge in [0.2, 0.25) is 5.91 Å². The van der Waals surface area contributed by atoms with Crippen LogP contribution in [0.2, 0.25) is 0 Å². The lowest BCUT2D eigenvalue weighted by Gasteiger charge is -2.08. The summed E-state index contributed by atoms with van der Waals surface area (Å²) in [7, 11) is 0. The highest BCUT2D eigenvalue weighted by atomic mass is 19.4. The molecule has 0 heterocycles. The van der Waals surface area contributed by atoms with Gasteiger partial charge in [0.1, 0.15) is 12.4 Å². The van der Waals surface area contributed by atoms with E-state index in [0.717, 1.165) is 25.0 Å². The third kappa shape index (κ3) is 7.87. The van der Waals surface area contributed by atoms with Crippen LogP contribution < -0.4 is 10.1 Å². The third-order valence-corrected chi connectivity index (χ3v) is 3.68. The van der Waals surface area contributed by atoms with Crippen LogP contribution >= 0.6 is 0 Å². The van der Waals surface area contributed by atoms with Crippen LogP contribution in [0.25, 0.3) is 0 Å². The molecule has 0 atom stereocenters. The molecule has 0 unspecified atom stereocenters. The van der Waals surface area contributed by atoms with Gasteiger partial charge in [0.25, 0.3) is 0 Å². The Labute approximate surface area is 156 Å². The summed E-state index contributed by atoms with van der Waals surface area (Å²) in [5.74, 6) is 5.39. The van der Waals surface area contributed by atoms with Crippen molar-refractivity contribution in [3.05, 3.63) is 65.7 Å². The van der Waals surface area contributed by atoms with Gasteiger partial charge in [-0.15, -0.1) is 0 Å². The molecule has 3 nitrogen and oxygen atoms in total. The van der Waals surface area contributed by atoms with E-state index in [9.17, 15) is 18.0 Å². The van der Waals surface area contributed by atoms with Gasteiger partial charge in [0.15, 0.2) is 0 Å². The summed E-state index contributed by atoms with van der Waals surface area (Å²) in [5.41, 5.74) is 0.424. The van der Waals surface area contributed by atoms with Crippen LogP contribution in [-0.4, -0.2) is 19.1 Å². The number of alkyl halides is 3. The molecule has 2 aromatic rings. The molecule has 0 fully saturated rings. The number of benzene rings is 2. The van der Waals surface area contributed by atoms with E-state index in [-0.39, 0.29) is 24.8 Å². The molecule has 0 saturated carbocycles. The number of rotatable bonds is 7. The second-order valence-corrected chi connectivity index (χ2v) is 5.78. The van der Waals surface area contributed by atoms with E-state index in [0.29, 0.717) is 6.42 Å². The lowest BCUT2D eigenvalue weighted by atomic mass is 10.1. The Morgan fingerprint density at radius 2 is 1.81 bits per heavy atom. The van der Waals surface area contributed by atoms with Crippen molar-refractivity contribution >= 4 is 5.91 Å². The van der Waals surface area contributed by atoms with E-state index < -0.39 is 11.7 Å². The molecular formula is C21H20F3NO2. The van der Waals surface area contributed by atoms with E-state index in [4.69, 9.17) is 4.74 Å². The van der Waals surface area contributed by atoms with Gasteiger partial charge in [-0.3, -0.25) is 4.79 Å². The van der Waals surface area contributed by atoms with Crippen molar-refractivity contribution in [1.82, 2.24) is 5.32 Å². The predicted octanol–water partition coefficient (Wildman–Crippen LogP) is 4.23. The summed E-state index contributed by atoms with van der Waals surface area (Å²) < 4.78 is 43.0. The van der Waals surface area contributed by atoms with Crippen LogP contribution in [0.1, 0.15) is 24.0 Å². The zero-order valence-corrected chi connectivity index (χ0v) is 14.7. The van der Waals surface area contributed by atoms with Gasteiger partial charge in [0.05, 0.1) is 12.1 Å². The zero-order valence-electron chi connectivity index (χ0n) is 14.7. The second-order valence-electron chi connectivity index (χ2n) is 5.78. The average Bonchev–Trinajstić information content (AvgIpc) is 2.65. The molecule has 0 saturated heterocycles. The smallest absolute Gasteiger partial charge is 0.416 e. The molecule has 0 aliphatic rings. The molecule has 2 aromatic carbocycles. The Balaban J connectivity index is 1.62. The molecule has 0 aliphatic carbocycles. The van der Waals surface area contributed by atoms with Crippen LogP contribution in [0.15, 0.2) is 54.6 Å². The first kappa shape index (κ1) is 20.4. The molecular weight excluding hydrogens is 355 g/mol. The summed E-state index contributed by atoms with van der Waals surface area (Å²) in [6.07, 6.45) is -2.40. The largest absolute Gasteiger partial charge is 0.481 e. The quantitative estimate of drug-likeness (QED) is 0.736. The van der Waals surface area contributed by atoms with E-state index >= 15 is 0 Å².